The maximum atomic E-state index is 13.2. The molecule has 0 spiro atoms. The Balaban J connectivity index is 0.000000268. The Morgan fingerprint density at radius 1 is 0.667 bits per heavy atom. The molecule has 2 unspecified atom stereocenters. The lowest BCUT2D eigenvalue weighted by molar-refractivity contribution is -0.118. The highest BCUT2D eigenvalue weighted by atomic mass is 32.2. The molecule has 0 bridgehead atoms. The molecular formula is C72H117F3O11S. The van der Waals surface area contributed by atoms with Gasteiger partial charge < -0.3 is 42.1 Å². The van der Waals surface area contributed by atoms with E-state index in [9.17, 15) is 21.6 Å². The van der Waals surface area contributed by atoms with Gasteiger partial charge in [0.05, 0.1) is 37.6 Å². The van der Waals surface area contributed by atoms with Crippen molar-refractivity contribution in [1.82, 2.24) is 0 Å². The molecule has 87 heavy (non-hydrogen) atoms. The third-order valence-electron chi connectivity index (χ3n) is 21.6. The van der Waals surface area contributed by atoms with Crippen molar-refractivity contribution in [3.8, 4) is 24.2 Å². The van der Waals surface area contributed by atoms with E-state index in [2.05, 4.69) is 107 Å². The van der Waals surface area contributed by atoms with E-state index in [0.717, 1.165) is 88.8 Å². The maximum absolute atomic E-state index is 13.2. The van der Waals surface area contributed by atoms with Crippen LogP contribution in [0.1, 0.15) is 220 Å². The molecule has 2 saturated carbocycles. The molecule has 0 radical (unpaired) electrons. The van der Waals surface area contributed by atoms with E-state index in [-0.39, 0.29) is 60.6 Å². The summed E-state index contributed by atoms with van der Waals surface area (Å²) < 4.78 is 113. The number of hydrogen-bond acceptors (Lipinski definition) is 11. The predicted molar refractivity (Wildman–Crippen MR) is 342 cm³/mol. The van der Waals surface area contributed by atoms with Crippen LogP contribution in [0.4, 0.5) is 13.2 Å². The molecule has 6 aliphatic carbocycles. The van der Waals surface area contributed by atoms with Crippen LogP contribution < -0.4 is 0 Å². The van der Waals surface area contributed by atoms with Gasteiger partial charge in [-0.25, -0.2) is 0 Å². The highest BCUT2D eigenvalue weighted by Crippen LogP contribution is 2.62. The quantitative estimate of drug-likeness (QED) is 0.0446. The van der Waals surface area contributed by atoms with Crippen LogP contribution in [0.5, 0.6) is 0 Å². The zero-order valence-corrected chi connectivity index (χ0v) is 56.6. The summed E-state index contributed by atoms with van der Waals surface area (Å²) in [4.78, 5) is 0. The third-order valence-corrected chi connectivity index (χ3v) is 22.6. The van der Waals surface area contributed by atoms with Gasteiger partial charge in [0.25, 0.3) is 0 Å². The van der Waals surface area contributed by atoms with Crippen molar-refractivity contribution in [2.45, 2.75) is 249 Å². The van der Waals surface area contributed by atoms with E-state index < -0.39 is 27.3 Å². The average molecular weight is 1250 g/mol. The molecule has 8 aliphatic rings. The monoisotopic (exact) mass is 1250 g/mol. The number of ether oxygens (including phenoxy) is 8. The van der Waals surface area contributed by atoms with Gasteiger partial charge in [-0.2, -0.15) is 21.6 Å². The van der Waals surface area contributed by atoms with Crippen LogP contribution in [-0.2, 0) is 52.2 Å². The fraction of sp³-hybridized carbons (Fsp3) is 0.833. The van der Waals surface area contributed by atoms with Gasteiger partial charge in [0.1, 0.15) is 19.3 Å². The van der Waals surface area contributed by atoms with Gasteiger partial charge in [0.2, 0.25) is 0 Å². The Hall–Kier alpha value is -2.70. The molecule has 0 N–H and O–H groups in total. The molecular weight excluding hydrogens is 1130 g/mol. The van der Waals surface area contributed by atoms with Crippen molar-refractivity contribution >= 4 is 10.1 Å². The lowest BCUT2D eigenvalue weighted by Gasteiger charge is -2.45. The van der Waals surface area contributed by atoms with Crippen LogP contribution >= 0.6 is 0 Å². The third kappa shape index (κ3) is 20.4. The molecule has 498 valence electrons. The second kappa shape index (κ2) is 32.7. The molecule has 0 aromatic carbocycles. The minimum Gasteiger partial charge on any atom is -0.381 e. The Morgan fingerprint density at radius 2 is 1.09 bits per heavy atom. The highest BCUT2D eigenvalue weighted by molar-refractivity contribution is 7.87. The molecule has 11 nitrogen and oxygen atoms in total. The summed E-state index contributed by atoms with van der Waals surface area (Å²) in [6.07, 6.45) is 27.4. The van der Waals surface area contributed by atoms with E-state index in [0.29, 0.717) is 68.4 Å². The van der Waals surface area contributed by atoms with Crippen LogP contribution in [-0.4, -0.2) is 91.9 Å². The number of alkyl halides is 3. The number of hydrogen-bond donors (Lipinski definition) is 0. The fourth-order valence-electron chi connectivity index (χ4n) is 16.7. The first kappa shape index (κ1) is 75.0. The molecule has 4 fully saturated rings. The smallest absolute Gasteiger partial charge is 0.381 e. The SMILES string of the molecule is C.C#CC1=C(C)[C@@H](C)C[C@H](C)C1.COCOC(C)(C)CCC[C@@H](C)[C@H]1CCC2C(C#CC3=C(C)[C@@H](C)C[C@H](C)C3)=C[C@H](CC3OCCO3)C[C@@]21C.COCOC(C)(C)CCC[C@@H](C)[C@H]1CCC2C(OS(=O)(=O)C(F)(F)F)=C[C@H](CC3OCCO3)C[C@@]21C. The Bertz CT molecular complexity index is 2540. The van der Waals surface area contributed by atoms with Gasteiger partial charge >= 0.3 is 15.6 Å². The van der Waals surface area contributed by atoms with Crippen LogP contribution in [0.2, 0.25) is 0 Å². The van der Waals surface area contributed by atoms with E-state index in [1.165, 1.54) is 72.8 Å². The number of terminal acetylenes is 1. The van der Waals surface area contributed by atoms with Crippen molar-refractivity contribution < 1.29 is 63.7 Å². The van der Waals surface area contributed by atoms with Gasteiger partial charge in [-0.1, -0.05) is 123 Å². The van der Waals surface area contributed by atoms with Crippen LogP contribution in [0.3, 0.4) is 0 Å². The van der Waals surface area contributed by atoms with Crippen molar-refractivity contribution in [2.24, 2.45) is 81.8 Å². The largest absolute Gasteiger partial charge is 0.534 e. The van der Waals surface area contributed by atoms with Crippen LogP contribution in [0.15, 0.2) is 45.8 Å². The first-order valence-electron chi connectivity index (χ1n) is 32.9. The van der Waals surface area contributed by atoms with Crippen LogP contribution in [0.25, 0.3) is 0 Å². The molecule has 2 aliphatic heterocycles. The number of methoxy groups -OCH3 is 2. The summed E-state index contributed by atoms with van der Waals surface area (Å²) in [5.74, 6) is 15.5. The average Bonchev–Trinajstić information content (AvgIpc) is 1.69. The van der Waals surface area contributed by atoms with Crippen molar-refractivity contribution in [1.29, 1.82) is 0 Å². The summed E-state index contributed by atoms with van der Waals surface area (Å²) in [6, 6.07) is 0. The van der Waals surface area contributed by atoms with E-state index in [4.69, 9.17) is 48.5 Å². The summed E-state index contributed by atoms with van der Waals surface area (Å²) in [5.41, 5.74) is 0.956. The zero-order valence-electron chi connectivity index (χ0n) is 55.8. The summed E-state index contributed by atoms with van der Waals surface area (Å²) in [6.45, 7) is 34.5. The lowest BCUT2D eigenvalue weighted by Crippen LogP contribution is -2.40. The fourth-order valence-corrected chi connectivity index (χ4v) is 17.2. The lowest BCUT2D eigenvalue weighted by atomic mass is 9.59. The zero-order chi connectivity index (χ0) is 63.4. The first-order valence-corrected chi connectivity index (χ1v) is 34.3. The topological polar surface area (TPSA) is 117 Å². The Labute approximate surface area is 526 Å². The first-order chi connectivity index (χ1) is 40.4. The van der Waals surface area contributed by atoms with Crippen molar-refractivity contribution in [3.05, 3.63) is 45.8 Å². The molecule has 0 aromatic rings. The second-order valence-electron chi connectivity index (χ2n) is 29.4. The summed E-state index contributed by atoms with van der Waals surface area (Å²) >= 11 is 0. The predicted octanol–water partition coefficient (Wildman–Crippen LogP) is 17.7. The van der Waals surface area contributed by atoms with Crippen molar-refractivity contribution in [2.75, 3.05) is 54.2 Å². The van der Waals surface area contributed by atoms with Gasteiger partial charge in [0.15, 0.2) is 12.6 Å². The molecule has 2 saturated heterocycles. The standard InChI is InChI=1S/C35H56O4.C25H41F3O7S.C11H16.CH4/c1-24-18-26(3)27(4)29(19-24)11-12-30-20-28(21-33-37-16-17-38-33)22-35(7)31(13-14-32(30)35)25(2)10-9-15-34(5,6)39-23-36-8;1-17(7-6-10-23(2,3)34-16-31-5)19-8-9-20-21(35-36(29,30)25(26,27)28)13-18(15-24(19,20)4)14-22-32-11-12-33-22;1-5-11-7-8(2)6-9(3)10(11)4;/h20,24-26,28,31-33H,9-10,13-19,21-23H2,1-8H3;13,17-20,22H,6-12,14-16H2,1-5H3;1,8-9H,6-7H2,2-4H3;1H4/t24-,25+,26-,28+,31+,32?,35+;17-,18-,19-,20?,24-;8-,9-;/m010./s1. The summed E-state index contributed by atoms with van der Waals surface area (Å²) in [7, 11) is -2.46. The van der Waals surface area contributed by atoms with Gasteiger partial charge in [-0.3, -0.25) is 0 Å². The van der Waals surface area contributed by atoms with Crippen LogP contribution in [0, 0.1) is 106 Å². The van der Waals surface area contributed by atoms with E-state index in [1.807, 2.05) is 13.8 Å². The normalized spacial score (nSPS) is 32.2. The minimum atomic E-state index is -5.74. The number of fused-ring (bicyclic) bond motifs is 2. The number of halogens is 3. The van der Waals surface area contributed by atoms with E-state index >= 15 is 0 Å². The molecule has 0 aromatic heterocycles. The molecule has 0 amide bonds. The minimum absolute atomic E-state index is 0. The Morgan fingerprint density at radius 3 is 1.54 bits per heavy atom. The van der Waals surface area contributed by atoms with Gasteiger partial charge in [0, 0.05) is 49.7 Å². The second-order valence-corrected chi connectivity index (χ2v) is 30.9. The number of allylic oxidation sites excluding steroid dienone is 8. The molecule has 2 heterocycles. The summed E-state index contributed by atoms with van der Waals surface area (Å²) in [5, 5.41) is 0. The van der Waals surface area contributed by atoms with Crippen molar-refractivity contribution in [3.63, 3.8) is 0 Å². The Kier molecular flexibility index (Phi) is 28.2. The molecule has 14 atom stereocenters. The molecule has 15 heteroatoms. The van der Waals surface area contributed by atoms with E-state index in [1.54, 1.807) is 20.3 Å². The maximum Gasteiger partial charge on any atom is 0.534 e. The molecule has 8 rings (SSSR count). The highest BCUT2D eigenvalue weighted by Gasteiger charge is 2.57. The number of rotatable bonds is 22. The van der Waals surface area contributed by atoms with Gasteiger partial charge in [-0.15, -0.1) is 6.42 Å². The van der Waals surface area contributed by atoms with Gasteiger partial charge in [-0.05, 0) is 201 Å².